The number of carbonyl (C=O) groups is 1. The average molecular weight is 248 g/mol. The third-order valence-corrected chi connectivity index (χ3v) is 2.34. The summed E-state index contributed by atoms with van der Waals surface area (Å²) in [6, 6.07) is 0. The molecule has 0 saturated carbocycles. The van der Waals surface area contributed by atoms with E-state index in [1.165, 1.54) is 0 Å². The average Bonchev–Trinajstić information content (AvgIpc) is 2.29. The van der Waals surface area contributed by atoms with Gasteiger partial charge < -0.3 is 10.4 Å². The molecular weight excluding hydrogens is 228 g/mol. The maximum absolute atomic E-state index is 11.0. The Morgan fingerprint density at radius 3 is 2.76 bits per heavy atom. The molecule has 0 aromatic rings. The summed E-state index contributed by atoms with van der Waals surface area (Å²) in [7, 11) is 0. The van der Waals surface area contributed by atoms with Gasteiger partial charge in [0, 0.05) is 18.9 Å². The first-order valence-corrected chi connectivity index (χ1v) is 5.67. The molecule has 0 aromatic heterocycles. The van der Waals surface area contributed by atoms with Crippen LogP contribution in [-0.4, -0.2) is 42.6 Å². The largest absolute Gasteiger partial charge is 0.396 e. The van der Waals surface area contributed by atoms with Crippen molar-refractivity contribution in [3.63, 3.8) is 0 Å². The van der Waals surface area contributed by atoms with E-state index in [1.807, 2.05) is 0 Å². The van der Waals surface area contributed by atoms with Gasteiger partial charge in [0.2, 0.25) is 5.91 Å². The predicted octanol–water partition coefficient (Wildman–Crippen LogP) is 0.528. The lowest BCUT2D eigenvalue weighted by Gasteiger charge is -2.10. The van der Waals surface area contributed by atoms with E-state index in [9.17, 15) is 9.70 Å². The van der Waals surface area contributed by atoms with E-state index >= 15 is 0 Å². The Balaban J connectivity index is 3.47. The highest BCUT2D eigenvalue weighted by Gasteiger charge is 2.09. The van der Waals surface area contributed by atoms with Gasteiger partial charge in [-0.15, -0.1) is 0 Å². The second-order valence-electron chi connectivity index (χ2n) is 3.79. The molecule has 0 rings (SSSR count). The van der Waals surface area contributed by atoms with Crippen LogP contribution in [0.4, 0.5) is 0 Å². The van der Waals surface area contributed by atoms with Crippen LogP contribution in [0.15, 0.2) is 5.18 Å². The lowest BCUT2D eigenvalue weighted by molar-refractivity contribution is -0.250. The van der Waals surface area contributed by atoms with Crippen molar-refractivity contribution < 1.29 is 20.0 Å². The van der Waals surface area contributed by atoms with E-state index in [1.54, 1.807) is 0 Å². The fourth-order valence-electron chi connectivity index (χ4n) is 1.41. The lowest BCUT2D eigenvalue weighted by atomic mass is 10.0. The molecule has 0 aliphatic rings. The summed E-state index contributed by atoms with van der Waals surface area (Å²) in [4.78, 5) is 25.0. The van der Waals surface area contributed by atoms with Crippen LogP contribution in [0.3, 0.4) is 0 Å². The molecule has 0 aliphatic carbocycles. The summed E-state index contributed by atoms with van der Waals surface area (Å²) in [6.45, 7) is 0.618. The standard InChI is InChI=1S/C10H20N2O5/c13-6-4-10(14)11-5-2-1-3-9(7-12-15)8-17-16/h9,13,16H,1-8H2,(H,11,14). The minimum Gasteiger partial charge on any atom is -0.396 e. The Hall–Kier alpha value is -1.05. The summed E-state index contributed by atoms with van der Waals surface area (Å²) >= 11 is 0. The van der Waals surface area contributed by atoms with Gasteiger partial charge in [-0.1, -0.05) is 11.6 Å². The van der Waals surface area contributed by atoms with Crippen LogP contribution in [0.5, 0.6) is 0 Å². The van der Waals surface area contributed by atoms with Gasteiger partial charge in [-0.2, -0.15) is 4.91 Å². The molecule has 1 unspecified atom stereocenters. The van der Waals surface area contributed by atoms with Gasteiger partial charge in [0.05, 0.1) is 19.8 Å². The summed E-state index contributed by atoms with van der Waals surface area (Å²) < 4.78 is 0. The van der Waals surface area contributed by atoms with Crippen LogP contribution in [0.25, 0.3) is 0 Å². The van der Waals surface area contributed by atoms with Crippen molar-refractivity contribution in [2.75, 3.05) is 26.3 Å². The Morgan fingerprint density at radius 2 is 2.18 bits per heavy atom. The zero-order chi connectivity index (χ0) is 12.9. The van der Waals surface area contributed by atoms with E-state index in [2.05, 4.69) is 15.4 Å². The minimum absolute atomic E-state index is 0.0781. The molecule has 0 aliphatic heterocycles. The molecule has 1 atom stereocenters. The minimum atomic E-state index is -0.169. The molecule has 0 saturated heterocycles. The van der Waals surface area contributed by atoms with Gasteiger partial charge in [-0.05, 0) is 12.8 Å². The Kier molecular flexibility index (Phi) is 10.7. The van der Waals surface area contributed by atoms with E-state index < -0.39 is 0 Å². The van der Waals surface area contributed by atoms with Crippen molar-refractivity contribution in [3.05, 3.63) is 4.91 Å². The monoisotopic (exact) mass is 248 g/mol. The third-order valence-electron chi connectivity index (χ3n) is 2.34. The zero-order valence-electron chi connectivity index (χ0n) is 9.80. The fraction of sp³-hybridized carbons (Fsp3) is 0.900. The lowest BCUT2D eigenvalue weighted by Crippen LogP contribution is -2.25. The maximum atomic E-state index is 11.0. The van der Waals surface area contributed by atoms with Gasteiger partial charge >= 0.3 is 0 Å². The van der Waals surface area contributed by atoms with E-state index in [4.69, 9.17) is 10.4 Å². The number of nitroso groups, excluding NO2 is 1. The molecule has 7 nitrogen and oxygen atoms in total. The third kappa shape index (κ3) is 9.86. The quantitative estimate of drug-likeness (QED) is 0.214. The van der Waals surface area contributed by atoms with Gasteiger partial charge in [0.15, 0.2) is 0 Å². The van der Waals surface area contributed by atoms with E-state index in [0.29, 0.717) is 13.0 Å². The summed E-state index contributed by atoms with van der Waals surface area (Å²) in [6.07, 6.45) is 2.42. The van der Waals surface area contributed by atoms with Gasteiger partial charge in [0.25, 0.3) is 0 Å². The number of carbonyl (C=O) groups excluding carboxylic acids is 1. The van der Waals surface area contributed by atoms with Crippen LogP contribution in [0.1, 0.15) is 25.7 Å². The number of aliphatic hydroxyl groups excluding tert-OH is 1. The van der Waals surface area contributed by atoms with Crippen molar-refractivity contribution in [2.45, 2.75) is 25.7 Å². The summed E-state index contributed by atoms with van der Waals surface area (Å²) in [5.74, 6) is -0.247. The highest BCUT2D eigenvalue weighted by Crippen LogP contribution is 2.09. The number of hydrogen-bond acceptors (Lipinski definition) is 6. The molecule has 0 radical (unpaired) electrons. The van der Waals surface area contributed by atoms with Crippen molar-refractivity contribution in [1.29, 1.82) is 0 Å². The zero-order valence-corrected chi connectivity index (χ0v) is 9.80. The van der Waals surface area contributed by atoms with E-state index in [0.717, 1.165) is 12.8 Å². The molecule has 0 aromatic carbocycles. The first kappa shape index (κ1) is 16.0. The fourth-order valence-corrected chi connectivity index (χ4v) is 1.41. The number of unbranched alkanes of at least 4 members (excludes halogenated alkanes) is 1. The van der Waals surface area contributed by atoms with E-state index in [-0.39, 0.29) is 38.0 Å². The molecule has 1 amide bonds. The van der Waals surface area contributed by atoms with Gasteiger partial charge in [-0.3, -0.25) is 10.1 Å². The summed E-state index contributed by atoms with van der Waals surface area (Å²) in [5, 5.41) is 22.2. The number of rotatable bonds is 11. The molecule has 0 spiro atoms. The maximum Gasteiger partial charge on any atom is 0.222 e. The second-order valence-corrected chi connectivity index (χ2v) is 3.79. The number of nitrogens with zero attached hydrogens (tertiary/aromatic N) is 1. The predicted molar refractivity (Wildman–Crippen MR) is 61.3 cm³/mol. The molecule has 3 N–H and O–H groups in total. The second kappa shape index (κ2) is 11.4. The number of aliphatic hydroxyl groups is 1. The van der Waals surface area contributed by atoms with Crippen molar-refractivity contribution >= 4 is 5.91 Å². The Labute approximate surface area is 100 Å². The molecule has 0 fully saturated rings. The molecule has 0 bridgehead atoms. The molecule has 7 heteroatoms. The first-order chi connectivity index (χ1) is 8.24. The molecule has 100 valence electrons. The molecule has 0 heterocycles. The van der Waals surface area contributed by atoms with Crippen LogP contribution >= 0.6 is 0 Å². The van der Waals surface area contributed by atoms with Crippen LogP contribution in [0.2, 0.25) is 0 Å². The number of amides is 1. The topological polar surface area (TPSA) is 108 Å². The van der Waals surface area contributed by atoms with Gasteiger partial charge in [-0.25, -0.2) is 4.89 Å². The normalized spacial score (nSPS) is 12.1. The highest BCUT2D eigenvalue weighted by molar-refractivity contribution is 5.75. The Bertz CT molecular complexity index is 213. The SMILES string of the molecule is O=NCC(CCCCNC(=O)CCO)COO. The molecular formula is C10H20N2O5. The summed E-state index contributed by atoms with van der Waals surface area (Å²) in [5.41, 5.74) is 0. The van der Waals surface area contributed by atoms with Crippen molar-refractivity contribution in [1.82, 2.24) is 5.32 Å². The molecule has 17 heavy (non-hydrogen) atoms. The van der Waals surface area contributed by atoms with Crippen molar-refractivity contribution in [3.8, 4) is 0 Å². The first-order valence-electron chi connectivity index (χ1n) is 5.67. The van der Waals surface area contributed by atoms with Crippen LogP contribution in [0, 0.1) is 10.8 Å². The van der Waals surface area contributed by atoms with Gasteiger partial charge in [0.1, 0.15) is 0 Å². The number of nitrogens with one attached hydrogen (secondary N) is 1. The van der Waals surface area contributed by atoms with Crippen molar-refractivity contribution in [2.24, 2.45) is 11.1 Å². The Morgan fingerprint density at radius 1 is 1.41 bits per heavy atom. The number of hydrogen-bond donors (Lipinski definition) is 3. The highest BCUT2D eigenvalue weighted by atomic mass is 17.1. The van der Waals surface area contributed by atoms with Crippen LogP contribution < -0.4 is 5.32 Å². The van der Waals surface area contributed by atoms with Crippen LogP contribution in [-0.2, 0) is 9.68 Å². The smallest absolute Gasteiger partial charge is 0.222 e.